The molecule has 1 aromatic rings. The number of unbranched alkanes of at least 4 members (excludes halogenated alkanes) is 2. The smallest absolute Gasteiger partial charge is 1.00 e. The zero-order valence-electron chi connectivity index (χ0n) is 35.8. The fraction of sp³-hybridized carbons (Fsp3) is 0.842. The van der Waals surface area contributed by atoms with E-state index < -0.39 is 31.1 Å². The molecule has 0 bridgehead atoms. The van der Waals surface area contributed by atoms with Crippen LogP contribution in [0, 0.1) is 0 Å². The fourth-order valence-corrected chi connectivity index (χ4v) is 6.99. The topological polar surface area (TPSA) is 161 Å². The van der Waals surface area contributed by atoms with E-state index in [1.165, 1.54) is 0 Å². The average molecular weight is 855 g/mol. The summed E-state index contributed by atoms with van der Waals surface area (Å²) in [4.78, 5) is 0. The van der Waals surface area contributed by atoms with Crippen molar-refractivity contribution in [3.8, 4) is 0 Å². The largest absolute Gasteiger partial charge is 1.00 e. The van der Waals surface area contributed by atoms with Crippen molar-refractivity contribution in [2.75, 3.05) is 130 Å². The molecule has 0 N–H and O–H groups in total. The summed E-state index contributed by atoms with van der Waals surface area (Å²) in [7, 11) is -7.47. The van der Waals surface area contributed by atoms with E-state index in [1.54, 1.807) is 0 Å². The van der Waals surface area contributed by atoms with Gasteiger partial charge >= 0.3 is 51.4 Å². The summed E-state index contributed by atoms with van der Waals surface area (Å²) in [5.74, 6) is -0.203. The summed E-state index contributed by atoms with van der Waals surface area (Å²) in [6.45, 7) is 19.6. The van der Waals surface area contributed by atoms with Crippen LogP contribution in [0.1, 0.15) is 79.8 Å². The summed E-state index contributed by atoms with van der Waals surface area (Å²) in [6.07, 6.45) is 2.00. The van der Waals surface area contributed by atoms with Crippen molar-refractivity contribution < 1.29 is 116 Å². The van der Waals surface area contributed by atoms with Gasteiger partial charge in [-0.25, -0.2) is 0 Å². The van der Waals surface area contributed by atoms with Gasteiger partial charge in [0.2, 0.25) is 0 Å². The van der Waals surface area contributed by atoms with E-state index in [0.717, 1.165) is 11.1 Å². The van der Waals surface area contributed by atoms with Crippen molar-refractivity contribution >= 4 is 20.2 Å². The molecular formula is C38H71KO14S2. The number of rotatable bonds is 38. The SMILES string of the molecule is CCOCCOCCOCCOCCCCS(=O)(=O)OCC(C)(C)c1cccc(C(C)(C)COS(=O)(=O)CCCCOCCOCCOCCOCC)c1.[H-].[K+]. The summed E-state index contributed by atoms with van der Waals surface area (Å²) in [6, 6.07) is 7.66. The Morgan fingerprint density at radius 3 is 1.07 bits per heavy atom. The molecule has 0 spiro atoms. The van der Waals surface area contributed by atoms with Gasteiger partial charge in [-0.3, -0.25) is 8.37 Å². The summed E-state index contributed by atoms with van der Waals surface area (Å²) in [5.41, 5.74) is 0.483. The number of hydrogen-bond acceptors (Lipinski definition) is 14. The van der Waals surface area contributed by atoms with Crippen LogP contribution in [0.25, 0.3) is 0 Å². The van der Waals surface area contributed by atoms with Crippen LogP contribution in [0.2, 0.25) is 0 Å². The molecule has 0 saturated heterocycles. The second-order valence-corrected chi connectivity index (χ2v) is 17.4. The maximum Gasteiger partial charge on any atom is 1.00 e. The minimum absolute atomic E-state index is 0. The first kappa shape index (κ1) is 55.4. The quantitative estimate of drug-likeness (QED) is 0.0538. The van der Waals surface area contributed by atoms with Crippen molar-refractivity contribution in [2.24, 2.45) is 0 Å². The van der Waals surface area contributed by atoms with E-state index in [9.17, 15) is 16.8 Å². The standard InChI is InChI=1S/C38H70O14S2.K.H/c1-7-43-18-20-47-26-28-49-24-22-45-16-9-11-30-53(39,40)51-33-37(3,4)35-14-13-15-36(32-35)38(5,6)34-52-54(41,42)31-12-10-17-46-23-25-50-29-27-48-21-19-44-8-2;;/h13-15,32H,7-12,16-31,33-34H2,1-6H3;;/q;+1;-1. The molecule has 320 valence electrons. The van der Waals surface area contributed by atoms with Crippen molar-refractivity contribution in [1.82, 2.24) is 0 Å². The predicted octanol–water partition coefficient (Wildman–Crippen LogP) is 1.78. The van der Waals surface area contributed by atoms with Gasteiger partial charge < -0.3 is 39.3 Å². The van der Waals surface area contributed by atoms with E-state index in [0.29, 0.717) is 131 Å². The third-order valence-electron chi connectivity index (χ3n) is 8.13. The molecule has 0 aliphatic rings. The molecule has 17 heteroatoms. The van der Waals surface area contributed by atoms with Gasteiger partial charge in [-0.1, -0.05) is 52.0 Å². The molecule has 1 rings (SSSR count). The first-order valence-electron chi connectivity index (χ1n) is 19.2. The van der Waals surface area contributed by atoms with Gasteiger partial charge in [0.25, 0.3) is 20.2 Å². The van der Waals surface area contributed by atoms with Gasteiger partial charge in [0.15, 0.2) is 0 Å². The first-order valence-corrected chi connectivity index (χ1v) is 22.4. The van der Waals surface area contributed by atoms with Gasteiger partial charge in [-0.15, -0.1) is 0 Å². The molecule has 0 unspecified atom stereocenters. The maximum absolute atomic E-state index is 12.7. The van der Waals surface area contributed by atoms with Crippen LogP contribution in [-0.2, 0) is 77.3 Å². The summed E-state index contributed by atoms with van der Waals surface area (Å²) in [5, 5.41) is 0. The van der Waals surface area contributed by atoms with Crippen molar-refractivity contribution in [2.45, 2.75) is 78.1 Å². The molecule has 0 saturated carbocycles. The Hall–Kier alpha value is 0.356. The van der Waals surface area contributed by atoms with Gasteiger partial charge in [-0.2, -0.15) is 16.8 Å². The Morgan fingerprint density at radius 2 is 0.764 bits per heavy atom. The molecule has 1 aromatic carbocycles. The molecule has 0 amide bonds. The molecule has 0 fully saturated rings. The summed E-state index contributed by atoms with van der Waals surface area (Å²) < 4.78 is 105. The second kappa shape index (κ2) is 33.1. The molecule has 0 aliphatic heterocycles. The molecule has 14 nitrogen and oxygen atoms in total. The van der Waals surface area contributed by atoms with E-state index >= 15 is 0 Å². The van der Waals surface area contributed by atoms with Gasteiger partial charge in [-0.05, 0) is 50.7 Å². The Morgan fingerprint density at radius 1 is 0.473 bits per heavy atom. The normalized spacial score (nSPS) is 12.6. The minimum atomic E-state index is -3.74. The zero-order chi connectivity index (χ0) is 40.0. The van der Waals surface area contributed by atoms with Crippen molar-refractivity contribution in [3.63, 3.8) is 0 Å². The maximum atomic E-state index is 12.7. The molecule has 0 radical (unpaired) electrons. The first-order chi connectivity index (χ1) is 25.7. The van der Waals surface area contributed by atoms with Crippen LogP contribution in [-0.4, -0.2) is 147 Å². The Labute approximate surface area is 376 Å². The third-order valence-corrected chi connectivity index (χ3v) is 10.7. The van der Waals surface area contributed by atoms with E-state index in [-0.39, 0.29) is 77.5 Å². The fourth-order valence-electron chi connectivity index (χ4n) is 4.69. The number of hydrogen-bond donors (Lipinski definition) is 0. The third kappa shape index (κ3) is 30.1. The van der Waals surface area contributed by atoms with Gasteiger partial charge in [0.1, 0.15) is 0 Å². The Balaban J connectivity index is 0. The average Bonchev–Trinajstić information content (AvgIpc) is 3.13. The molecule has 0 heterocycles. The molecule has 0 aliphatic carbocycles. The minimum Gasteiger partial charge on any atom is -1.00 e. The predicted molar refractivity (Wildman–Crippen MR) is 209 cm³/mol. The van der Waals surface area contributed by atoms with Crippen LogP contribution in [0.4, 0.5) is 0 Å². The van der Waals surface area contributed by atoms with Crippen LogP contribution in [0.3, 0.4) is 0 Å². The van der Waals surface area contributed by atoms with Crippen LogP contribution < -0.4 is 51.4 Å². The van der Waals surface area contributed by atoms with E-state index in [2.05, 4.69) is 0 Å². The van der Waals surface area contributed by atoms with E-state index in [1.807, 2.05) is 65.8 Å². The molecule has 55 heavy (non-hydrogen) atoms. The zero-order valence-corrected chi connectivity index (χ0v) is 39.6. The van der Waals surface area contributed by atoms with Crippen molar-refractivity contribution in [3.05, 3.63) is 35.4 Å². The van der Waals surface area contributed by atoms with E-state index in [4.69, 9.17) is 46.3 Å². The van der Waals surface area contributed by atoms with Gasteiger partial charge in [0, 0.05) is 37.3 Å². The monoisotopic (exact) mass is 854 g/mol. The van der Waals surface area contributed by atoms with Crippen molar-refractivity contribution in [1.29, 1.82) is 0 Å². The molecular weight excluding hydrogens is 784 g/mol. The van der Waals surface area contributed by atoms with Gasteiger partial charge in [0.05, 0.1) is 104 Å². The van der Waals surface area contributed by atoms with Crippen LogP contribution in [0.15, 0.2) is 24.3 Å². The summed E-state index contributed by atoms with van der Waals surface area (Å²) >= 11 is 0. The second-order valence-electron chi connectivity index (χ2n) is 13.9. The van der Waals surface area contributed by atoms with Crippen LogP contribution >= 0.6 is 0 Å². The van der Waals surface area contributed by atoms with Crippen LogP contribution in [0.5, 0.6) is 0 Å². The Kier molecular flexibility index (Phi) is 33.3. The number of benzene rings is 1. The number of ether oxygens (including phenoxy) is 8. The Bertz CT molecular complexity index is 1190. The molecule has 0 aromatic heterocycles. The molecule has 0 atom stereocenters.